The van der Waals surface area contributed by atoms with Gasteiger partial charge in [0.05, 0.1) is 12.8 Å². The number of carbonyl (C=O) groups excluding carboxylic acids is 1. The summed E-state index contributed by atoms with van der Waals surface area (Å²) >= 11 is 0. The van der Waals surface area contributed by atoms with Crippen LogP contribution in [-0.4, -0.2) is 30.9 Å². The number of amides is 2. The monoisotopic (exact) mass is 266 g/mol. The van der Waals surface area contributed by atoms with Gasteiger partial charge in [-0.3, -0.25) is 0 Å². The highest BCUT2D eigenvalue weighted by atomic mass is 16.5. The van der Waals surface area contributed by atoms with E-state index in [1.165, 1.54) is 0 Å². The van der Waals surface area contributed by atoms with E-state index in [4.69, 9.17) is 9.84 Å². The number of ether oxygens (including phenoxy) is 1. The molecule has 3 N–H and O–H groups in total. The number of hydrogen-bond acceptors (Lipinski definition) is 3. The Balaban J connectivity index is 2.63. The fourth-order valence-electron chi connectivity index (χ4n) is 1.79. The molecule has 0 radical (unpaired) electrons. The molecule has 5 heteroatoms. The lowest BCUT2D eigenvalue weighted by Gasteiger charge is -2.22. The van der Waals surface area contributed by atoms with Crippen molar-refractivity contribution < 1.29 is 14.6 Å². The van der Waals surface area contributed by atoms with Gasteiger partial charge in [0.2, 0.25) is 0 Å². The van der Waals surface area contributed by atoms with Crippen molar-refractivity contribution in [2.45, 2.75) is 26.3 Å². The van der Waals surface area contributed by atoms with E-state index in [2.05, 4.69) is 10.6 Å². The molecule has 1 aromatic rings. The molecule has 5 nitrogen and oxygen atoms in total. The maximum atomic E-state index is 11.9. The van der Waals surface area contributed by atoms with Gasteiger partial charge in [0, 0.05) is 12.6 Å². The number of methoxy groups -OCH3 is 1. The van der Waals surface area contributed by atoms with E-state index >= 15 is 0 Å². The molecular formula is C14H22N2O3. The summed E-state index contributed by atoms with van der Waals surface area (Å²) in [5.74, 6) is 0.872. The Morgan fingerprint density at radius 3 is 2.63 bits per heavy atom. The van der Waals surface area contributed by atoms with Crippen LogP contribution in [0.25, 0.3) is 0 Å². The minimum atomic E-state index is -0.295. The SMILES string of the molecule is COc1ccccc1NC(=O)NC(CCO)C(C)C. The van der Waals surface area contributed by atoms with Crippen molar-refractivity contribution in [3.8, 4) is 5.75 Å². The van der Waals surface area contributed by atoms with E-state index in [1.807, 2.05) is 26.0 Å². The van der Waals surface area contributed by atoms with Crippen molar-refractivity contribution in [2.75, 3.05) is 19.0 Å². The fraction of sp³-hybridized carbons (Fsp3) is 0.500. The average Bonchev–Trinajstić information content (AvgIpc) is 2.38. The third kappa shape index (κ3) is 4.79. The summed E-state index contributed by atoms with van der Waals surface area (Å²) in [6.45, 7) is 4.06. The zero-order valence-electron chi connectivity index (χ0n) is 11.6. The number of rotatable bonds is 6. The highest BCUT2D eigenvalue weighted by molar-refractivity contribution is 5.91. The second-order valence-electron chi connectivity index (χ2n) is 4.66. The molecule has 0 aromatic heterocycles. The topological polar surface area (TPSA) is 70.6 Å². The van der Waals surface area contributed by atoms with E-state index in [0.29, 0.717) is 17.9 Å². The van der Waals surface area contributed by atoms with Gasteiger partial charge in [-0.1, -0.05) is 26.0 Å². The predicted octanol–water partition coefficient (Wildman–Crippen LogP) is 2.22. The van der Waals surface area contributed by atoms with Gasteiger partial charge in [0.15, 0.2) is 0 Å². The molecule has 0 fully saturated rings. The largest absolute Gasteiger partial charge is 0.495 e. The van der Waals surface area contributed by atoms with Gasteiger partial charge >= 0.3 is 6.03 Å². The Morgan fingerprint density at radius 2 is 2.05 bits per heavy atom. The van der Waals surface area contributed by atoms with Crippen molar-refractivity contribution >= 4 is 11.7 Å². The molecule has 0 saturated carbocycles. The molecule has 1 rings (SSSR count). The number of hydrogen-bond donors (Lipinski definition) is 3. The van der Waals surface area contributed by atoms with E-state index in [1.54, 1.807) is 19.2 Å². The van der Waals surface area contributed by atoms with Crippen molar-refractivity contribution in [2.24, 2.45) is 5.92 Å². The lowest BCUT2D eigenvalue weighted by molar-refractivity contribution is 0.227. The highest BCUT2D eigenvalue weighted by Gasteiger charge is 2.16. The lowest BCUT2D eigenvalue weighted by Crippen LogP contribution is -2.41. The molecule has 1 atom stereocenters. The van der Waals surface area contributed by atoms with Crippen molar-refractivity contribution in [1.82, 2.24) is 5.32 Å². The van der Waals surface area contributed by atoms with Crippen LogP contribution in [0.2, 0.25) is 0 Å². The third-order valence-corrected chi connectivity index (χ3v) is 2.92. The first-order valence-electron chi connectivity index (χ1n) is 6.40. The minimum Gasteiger partial charge on any atom is -0.495 e. The number of nitrogens with one attached hydrogen (secondary N) is 2. The van der Waals surface area contributed by atoms with Gasteiger partial charge in [-0.25, -0.2) is 4.79 Å². The van der Waals surface area contributed by atoms with E-state index in [0.717, 1.165) is 0 Å². The third-order valence-electron chi connectivity index (χ3n) is 2.92. The van der Waals surface area contributed by atoms with Crippen LogP contribution >= 0.6 is 0 Å². The first-order valence-corrected chi connectivity index (χ1v) is 6.40. The molecule has 0 bridgehead atoms. The van der Waals surface area contributed by atoms with Crippen LogP contribution < -0.4 is 15.4 Å². The molecule has 1 aromatic carbocycles. The van der Waals surface area contributed by atoms with Crippen LogP contribution in [0.3, 0.4) is 0 Å². The maximum absolute atomic E-state index is 11.9. The smallest absolute Gasteiger partial charge is 0.319 e. The first kappa shape index (κ1) is 15.3. The predicted molar refractivity (Wildman–Crippen MR) is 75.5 cm³/mol. The summed E-state index contributed by atoms with van der Waals surface area (Å²) in [6, 6.07) is 6.87. The second kappa shape index (κ2) is 7.63. The Bertz CT molecular complexity index is 407. The number of aliphatic hydroxyl groups is 1. The summed E-state index contributed by atoms with van der Waals surface area (Å²) in [5, 5.41) is 14.6. The minimum absolute atomic E-state index is 0.0534. The normalized spacial score (nSPS) is 12.1. The second-order valence-corrected chi connectivity index (χ2v) is 4.66. The van der Waals surface area contributed by atoms with Crippen molar-refractivity contribution in [1.29, 1.82) is 0 Å². The molecule has 1 unspecified atom stereocenters. The Labute approximate surface area is 114 Å². The average molecular weight is 266 g/mol. The van der Waals surface area contributed by atoms with Gasteiger partial charge in [-0.2, -0.15) is 0 Å². The highest BCUT2D eigenvalue weighted by Crippen LogP contribution is 2.22. The molecule has 0 aliphatic heterocycles. The van der Waals surface area contributed by atoms with Crippen LogP contribution in [0.1, 0.15) is 20.3 Å². The maximum Gasteiger partial charge on any atom is 0.319 e. The Kier molecular flexibility index (Phi) is 6.15. The molecule has 0 heterocycles. The summed E-state index contributed by atoms with van der Waals surface area (Å²) in [5.41, 5.74) is 0.619. The molecule has 19 heavy (non-hydrogen) atoms. The standard InChI is InChI=1S/C14H22N2O3/c1-10(2)11(8-9-17)15-14(18)16-12-6-4-5-7-13(12)19-3/h4-7,10-11,17H,8-9H2,1-3H3,(H2,15,16,18). The number of anilines is 1. The van der Waals surface area contributed by atoms with Crippen LogP contribution in [0.5, 0.6) is 5.75 Å². The van der Waals surface area contributed by atoms with Gasteiger partial charge in [-0.05, 0) is 24.5 Å². The molecular weight excluding hydrogens is 244 g/mol. The van der Waals surface area contributed by atoms with E-state index < -0.39 is 0 Å². The molecule has 0 saturated heterocycles. The fourth-order valence-corrected chi connectivity index (χ4v) is 1.79. The molecule has 2 amide bonds. The summed E-state index contributed by atoms with van der Waals surface area (Å²) < 4.78 is 5.16. The van der Waals surface area contributed by atoms with Crippen molar-refractivity contribution in [3.05, 3.63) is 24.3 Å². The zero-order chi connectivity index (χ0) is 14.3. The van der Waals surface area contributed by atoms with E-state index in [9.17, 15) is 4.79 Å². The van der Waals surface area contributed by atoms with Gasteiger partial charge in [0.25, 0.3) is 0 Å². The number of para-hydroxylation sites is 2. The molecule has 106 valence electrons. The molecule has 0 aliphatic carbocycles. The number of benzene rings is 1. The van der Waals surface area contributed by atoms with Crippen LogP contribution in [0.4, 0.5) is 10.5 Å². The van der Waals surface area contributed by atoms with Gasteiger partial charge in [-0.15, -0.1) is 0 Å². The zero-order valence-corrected chi connectivity index (χ0v) is 11.6. The number of urea groups is 1. The molecule has 0 aliphatic rings. The number of aliphatic hydroxyl groups excluding tert-OH is 1. The van der Waals surface area contributed by atoms with Crippen molar-refractivity contribution in [3.63, 3.8) is 0 Å². The lowest BCUT2D eigenvalue weighted by atomic mass is 10.0. The van der Waals surface area contributed by atoms with Gasteiger partial charge in [0.1, 0.15) is 5.75 Å². The van der Waals surface area contributed by atoms with Gasteiger partial charge < -0.3 is 20.5 Å². The summed E-state index contributed by atoms with van der Waals surface area (Å²) in [4.78, 5) is 11.9. The van der Waals surface area contributed by atoms with E-state index in [-0.39, 0.29) is 24.6 Å². The summed E-state index contributed by atoms with van der Waals surface area (Å²) in [6.07, 6.45) is 0.539. The quantitative estimate of drug-likeness (QED) is 0.739. The first-order chi connectivity index (χ1) is 9.08. The Hall–Kier alpha value is -1.75. The van der Waals surface area contributed by atoms with Crippen LogP contribution in [-0.2, 0) is 0 Å². The Morgan fingerprint density at radius 1 is 1.37 bits per heavy atom. The molecule has 0 spiro atoms. The van der Waals surface area contributed by atoms with Crippen LogP contribution in [0, 0.1) is 5.92 Å². The summed E-state index contributed by atoms with van der Waals surface area (Å²) in [7, 11) is 1.56. The van der Waals surface area contributed by atoms with Crippen LogP contribution in [0.15, 0.2) is 24.3 Å². The number of carbonyl (C=O) groups is 1.